The second-order valence-electron chi connectivity index (χ2n) is 5.13. The number of rotatable bonds is 5. The van der Waals surface area contributed by atoms with Crippen LogP contribution in [0.25, 0.3) is 0 Å². The SMILES string of the molecule is CCC(CC(=O)O)N1CCN(c2ccccc2Cl)CC1. The van der Waals surface area contributed by atoms with Crippen molar-refractivity contribution >= 4 is 23.3 Å². The Hall–Kier alpha value is -1.26. The summed E-state index contributed by atoms with van der Waals surface area (Å²) in [6.07, 6.45) is 1.10. The first-order chi connectivity index (χ1) is 9.61. The molecule has 1 unspecified atom stereocenters. The molecule has 5 heteroatoms. The Balaban J connectivity index is 1.95. The predicted octanol–water partition coefficient (Wildman–Crippen LogP) is 2.72. The van der Waals surface area contributed by atoms with E-state index in [9.17, 15) is 4.79 Å². The molecule has 4 nitrogen and oxygen atoms in total. The summed E-state index contributed by atoms with van der Waals surface area (Å²) < 4.78 is 0. The maximum Gasteiger partial charge on any atom is 0.304 e. The smallest absolute Gasteiger partial charge is 0.304 e. The molecule has 110 valence electrons. The molecule has 0 amide bonds. The van der Waals surface area contributed by atoms with Crippen LogP contribution in [0.3, 0.4) is 0 Å². The molecule has 0 spiro atoms. The highest BCUT2D eigenvalue weighted by Crippen LogP contribution is 2.26. The number of nitrogens with zero attached hydrogens (tertiary/aromatic N) is 2. The third kappa shape index (κ3) is 3.64. The maximum atomic E-state index is 10.9. The zero-order valence-electron chi connectivity index (χ0n) is 11.8. The Morgan fingerprint density at radius 2 is 1.95 bits per heavy atom. The van der Waals surface area contributed by atoms with Gasteiger partial charge in [0, 0.05) is 32.2 Å². The summed E-state index contributed by atoms with van der Waals surface area (Å²) in [5.74, 6) is -0.717. The van der Waals surface area contributed by atoms with Crippen LogP contribution in [-0.2, 0) is 4.79 Å². The molecule has 2 rings (SSSR count). The average molecular weight is 297 g/mol. The molecule has 1 heterocycles. The Morgan fingerprint density at radius 1 is 1.30 bits per heavy atom. The second-order valence-corrected chi connectivity index (χ2v) is 5.54. The molecule has 1 atom stereocenters. The van der Waals surface area contributed by atoms with Gasteiger partial charge < -0.3 is 10.0 Å². The lowest BCUT2D eigenvalue weighted by Gasteiger charge is -2.39. The van der Waals surface area contributed by atoms with E-state index in [-0.39, 0.29) is 12.5 Å². The molecule has 0 radical (unpaired) electrons. The van der Waals surface area contributed by atoms with Gasteiger partial charge in [-0.1, -0.05) is 30.7 Å². The largest absolute Gasteiger partial charge is 0.481 e. The van der Waals surface area contributed by atoms with E-state index in [1.54, 1.807) is 0 Å². The van der Waals surface area contributed by atoms with Gasteiger partial charge in [-0.3, -0.25) is 9.69 Å². The van der Waals surface area contributed by atoms with Crippen LogP contribution in [0.5, 0.6) is 0 Å². The van der Waals surface area contributed by atoms with Gasteiger partial charge >= 0.3 is 5.97 Å². The zero-order valence-corrected chi connectivity index (χ0v) is 12.5. The first-order valence-electron chi connectivity index (χ1n) is 7.07. The van der Waals surface area contributed by atoms with Crippen molar-refractivity contribution in [3.63, 3.8) is 0 Å². The van der Waals surface area contributed by atoms with Crippen molar-refractivity contribution in [3.05, 3.63) is 29.3 Å². The van der Waals surface area contributed by atoms with Gasteiger partial charge in [0.05, 0.1) is 17.1 Å². The Morgan fingerprint density at radius 3 is 2.50 bits per heavy atom. The number of benzene rings is 1. The molecular formula is C15H21ClN2O2. The Kier molecular flexibility index (Phi) is 5.26. The topological polar surface area (TPSA) is 43.8 Å². The number of hydrogen-bond donors (Lipinski definition) is 1. The van der Waals surface area contributed by atoms with Crippen molar-refractivity contribution in [2.45, 2.75) is 25.8 Å². The van der Waals surface area contributed by atoms with Gasteiger partial charge in [0.25, 0.3) is 0 Å². The monoisotopic (exact) mass is 296 g/mol. The van der Waals surface area contributed by atoms with Gasteiger partial charge in [-0.05, 0) is 18.6 Å². The van der Waals surface area contributed by atoms with Crippen LogP contribution in [0.15, 0.2) is 24.3 Å². The first-order valence-corrected chi connectivity index (χ1v) is 7.45. The molecule has 1 saturated heterocycles. The van der Waals surface area contributed by atoms with E-state index in [4.69, 9.17) is 16.7 Å². The van der Waals surface area contributed by atoms with Crippen molar-refractivity contribution in [2.24, 2.45) is 0 Å². The summed E-state index contributed by atoms with van der Waals surface area (Å²) in [7, 11) is 0. The van der Waals surface area contributed by atoms with Crippen LogP contribution in [0, 0.1) is 0 Å². The fourth-order valence-corrected chi connectivity index (χ4v) is 3.02. The summed E-state index contributed by atoms with van der Waals surface area (Å²) in [4.78, 5) is 15.4. The van der Waals surface area contributed by atoms with Crippen LogP contribution in [0.4, 0.5) is 5.69 Å². The summed E-state index contributed by atoms with van der Waals surface area (Å²) in [6, 6.07) is 8.00. The van der Waals surface area contributed by atoms with E-state index < -0.39 is 5.97 Å². The molecule has 1 fully saturated rings. The summed E-state index contributed by atoms with van der Waals surface area (Å²) in [6.45, 7) is 5.60. The van der Waals surface area contributed by atoms with Gasteiger partial charge in [0.15, 0.2) is 0 Å². The number of piperazine rings is 1. The highest BCUT2D eigenvalue weighted by molar-refractivity contribution is 6.33. The fourth-order valence-electron chi connectivity index (χ4n) is 2.77. The normalized spacial score (nSPS) is 18.0. The predicted molar refractivity (Wildman–Crippen MR) is 81.6 cm³/mol. The molecule has 1 aliphatic heterocycles. The average Bonchev–Trinajstić information content (AvgIpc) is 2.45. The van der Waals surface area contributed by atoms with Crippen molar-refractivity contribution < 1.29 is 9.90 Å². The van der Waals surface area contributed by atoms with E-state index in [2.05, 4.69) is 9.80 Å². The number of para-hydroxylation sites is 1. The first kappa shape index (κ1) is 15.1. The molecule has 1 N–H and O–H groups in total. The highest BCUT2D eigenvalue weighted by atomic mass is 35.5. The third-order valence-corrected chi connectivity index (χ3v) is 4.22. The molecule has 0 aliphatic carbocycles. The third-order valence-electron chi connectivity index (χ3n) is 3.91. The number of carbonyl (C=O) groups is 1. The van der Waals surface area contributed by atoms with Crippen molar-refractivity contribution in [1.29, 1.82) is 0 Å². The quantitative estimate of drug-likeness (QED) is 0.907. The highest BCUT2D eigenvalue weighted by Gasteiger charge is 2.25. The minimum atomic E-state index is -0.717. The van der Waals surface area contributed by atoms with Crippen molar-refractivity contribution in [3.8, 4) is 0 Å². The number of carboxylic acids is 1. The molecule has 1 aliphatic rings. The minimum absolute atomic E-state index is 0.140. The van der Waals surface area contributed by atoms with Gasteiger partial charge in [0.2, 0.25) is 0 Å². The summed E-state index contributed by atoms with van der Waals surface area (Å²) in [5.41, 5.74) is 1.07. The fraction of sp³-hybridized carbons (Fsp3) is 0.533. The lowest BCUT2D eigenvalue weighted by Crippen LogP contribution is -2.50. The molecular weight excluding hydrogens is 276 g/mol. The van der Waals surface area contributed by atoms with Crippen LogP contribution >= 0.6 is 11.6 Å². The molecule has 0 saturated carbocycles. The number of carboxylic acid groups (broad SMARTS) is 1. The number of aliphatic carboxylic acids is 1. The van der Waals surface area contributed by atoms with E-state index in [1.807, 2.05) is 31.2 Å². The van der Waals surface area contributed by atoms with E-state index in [0.717, 1.165) is 43.3 Å². The van der Waals surface area contributed by atoms with E-state index in [1.165, 1.54) is 0 Å². The summed E-state index contributed by atoms with van der Waals surface area (Å²) >= 11 is 6.22. The lowest BCUT2D eigenvalue weighted by molar-refractivity contribution is -0.138. The van der Waals surface area contributed by atoms with Crippen molar-refractivity contribution in [1.82, 2.24) is 4.90 Å². The van der Waals surface area contributed by atoms with Crippen LogP contribution < -0.4 is 4.90 Å². The number of anilines is 1. The second kappa shape index (κ2) is 6.95. The van der Waals surface area contributed by atoms with Crippen molar-refractivity contribution in [2.75, 3.05) is 31.1 Å². The van der Waals surface area contributed by atoms with E-state index in [0.29, 0.717) is 0 Å². The number of hydrogen-bond acceptors (Lipinski definition) is 3. The van der Waals surface area contributed by atoms with Crippen LogP contribution in [0.2, 0.25) is 5.02 Å². The maximum absolute atomic E-state index is 10.9. The molecule has 0 bridgehead atoms. The summed E-state index contributed by atoms with van der Waals surface area (Å²) in [5, 5.41) is 9.73. The van der Waals surface area contributed by atoms with Gasteiger partial charge in [0.1, 0.15) is 0 Å². The van der Waals surface area contributed by atoms with Gasteiger partial charge in [-0.2, -0.15) is 0 Å². The van der Waals surface area contributed by atoms with E-state index >= 15 is 0 Å². The van der Waals surface area contributed by atoms with Gasteiger partial charge in [-0.15, -0.1) is 0 Å². The van der Waals surface area contributed by atoms with Crippen LogP contribution in [-0.4, -0.2) is 48.2 Å². The Bertz CT molecular complexity index is 459. The molecule has 20 heavy (non-hydrogen) atoms. The molecule has 0 aromatic heterocycles. The van der Waals surface area contributed by atoms with Crippen LogP contribution in [0.1, 0.15) is 19.8 Å². The van der Waals surface area contributed by atoms with Gasteiger partial charge in [-0.25, -0.2) is 0 Å². The standard InChI is InChI=1S/C15H21ClN2O2/c1-2-12(11-15(19)20)17-7-9-18(10-8-17)14-6-4-3-5-13(14)16/h3-6,12H,2,7-11H2,1H3,(H,19,20). The lowest BCUT2D eigenvalue weighted by atomic mass is 10.1. The molecule has 1 aromatic carbocycles. The molecule has 1 aromatic rings. The zero-order chi connectivity index (χ0) is 14.5. The number of halogens is 1. The Labute approximate surface area is 124 Å². The minimum Gasteiger partial charge on any atom is -0.481 e.